The molecule has 2 heterocycles. The summed E-state index contributed by atoms with van der Waals surface area (Å²) in [5.74, 6) is -2.53. The number of imide groups is 1. The topological polar surface area (TPSA) is 120 Å². The van der Waals surface area contributed by atoms with Crippen molar-refractivity contribution in [3.63, 3.8) is 0 Å². The summed E-state index contributed by atoms with van der Waals surface area (Å²) in [6.07, 6.45) is 1.57. The molecule has 2 aromatic carbocycles. The van der Waals surface area contributed by atoms with E-state index in [1.54, 1.807) is 24.3 Å². The number of hydrogen-bond donors (Lipinski definition) is 1. The molecule has 0 aliphatic rings. The lowest BCUT2D eigenvalue weighted by molar-refractivity contribution is -0.117. The van der Waals surface area contributed by atoms with Crippen LogP contribution in [0.3, 0.4) is 0 Å². The fourth-order valence-corrected chi connectivity index (χ4v) is 5.93. The minimum Gasteiger partial charge on any atom is -0.492 e. The first-order valence-corrected chi connectivity index (χ1v) is 14.2. The first-order chi connectivity index (χ1) is 20.0. The summed E-state index contributed by atoms with van der Waals surface area (Å²) in [7, 11) is 0. The molecule has 0 radical (unpaired) electrons. The zero-order chi connectivity index (χ0) is 30.7. The lowest BCUT2D eigenvalue weighted by atomic mass is 9.99. The van der Waals surface area contributed by atoms with Crippen LogP contribution in [0.2, 0.25) is 0 Å². The number of amides is 2. The van der Waals surface area contributed by atoms with Crippen LogP contribution in [0.4, 0.5) is 5.13 Å². The first-order valence-electron chi connectivity index (χ1n) is 13.4. The maximum atomic E-state index is 14.0. The minimum atomic E-state index is -0.888. The number of benzene rings is 2. The number of carbonyl (C=O) groups is 2. The standard InChI is InChI=1S/C32H31N5O4S/c1-7-35(8-2)32-34-28(27-19(3)13-12-14-20(27)4)26(42-32)17-24-21(5)25(18-33)31(41)37(30(24)40)36(22(6)38)29(39)23-15-10-9-11-16-23/h9-17,41H,5,7-8H2,1-4,6H3/b24-17-. The fourth-order valence-electron chi connectivity index (χ4n) is 4.79. The quantitative estimate of drug-likeness (QED) is 0.354. The summed E-state index contributed by atoms with van der Waals surface area (Å²) in [6.45, 7) is 14.5. The van der Waals surface area contributed by atoms with Crippen molar-refractivity contribution < 1.29 is 14.7 Å². The number of aromatic hydroxyl groups is 1. The van der Waals surface area contributed by atoms with Crippen molar-refractivity contribution in [2.24, 2.45) is 0 Å². The second-order valence-corrected chi connectivity index (χ2v) is 10.6. The Kier molecular flexibility index (Phi) is 8.73. The van der Waals surface area contributed by atoms with Crippen molar-refractivity contribution in [3.05, 3.63) is 96.5 Å². The number of rotatable bonds is 7. The van der Waals surface area contributed by atoms with Gasteiger partial charge in [0.1, 0.15) is 11.6 Å². The zero-order valence-corrected chi connectivity index (χ0v) is 25.0. The summed E-state index contributed by atoms with van der Waals surface area (Å²) < 4.78 is 0.543. The van der Waals surface area contributed by atoms with Crippen LogP contribution in [0.5, 0.6) is 5.88 Å². The highest BCUT2D eigenvalue weighted by Crippen LogP contribution is 2.36. The smallest absolute Gasteiger partial charge is 0.280 e. The SMILES string of the molecule is C=c1c(C#N)c(O)n(N(C(C)=O)C(=O)c2ccccc2)c(=O)/c1=C\c1sc(N(CC)CC)nc1-c1c(C)cccc1C. The van der Waals surface area contributed by atoms with E-state index in [9.17, 15) is 24.8 Å². The Morgan fingerprint density at radius 1 is 1.10 bits per heavy atom. The molecule has 4 rings (SSSR count). The van der Waals surface area contributed by atoms with Gasteiger partial charge in [-0.1, -0.05) is 54.3 Å². The number of aryl methyl sites for hydroxylation is 2. The molecule has 2 aromatic heterocycles. The molecule has 4 aromatic rings. The van der Waals surface area contributed by atoms with Gasteiger partial charge in [0.25, 0.3) is 11.5 Å². The van der Waals surface area contributed by atoms with E-state index in [0.29, 0.717) is 20.3 Å². The van der Waals surface area contributed by atoms with Gasteiger partial charge >= 0.3 is 0 Å². The van der Waals surface area contributed by atoms with Gasteiger partial charge in [-0.3, -0.25) is 14.4 Å². The van der Waals surface area contributed by atoms with E-state index in [2.05, 4.69) is 11.5 Å². The van der Waals surface area contributed by atoms with Gasteiger partial charge in [-0.15, -0.1) is 0 Å². The van der Waals surface area contributed by atoms with Crippen LogP contribution in [-0.4, -0.2) is 39.7 Å². The van der Waals surface area contributed by atoms with Crippen LogP contribution in [0.1, 0.15) is 52.7 Å². The van der Waals surface area contributed by atoms with Gasteiger partial charge in [-0.05, 0) is 57.0 Å². The van der Waals surface area contributed by atoms with Gasteiger partial charge < -0.3 is 10.0 Å². The van der Waals surface area contributed by atoms with E-state index in [1.165, 1.54) is 23.5 Å². The third kappa shape index (κ3) is 5.34. The van der Waals surface area contributed by atoms with Crippen molar-refractivity contribution in [1.29, 1.82) is 5.26 Å². The van der Waals surface area contributed by atoms with Gasteiger partial charge in [0.05, 0.1) is 15.8 Å². The summed E-state index contributed by atoms with van der Waals surface area (Å²) in [6, 6.07) is 15.7. The van der Waals surface area contributed by atoms with Crippen molar-refractivity contribution in [3.8, 4) is 23.2 Å². The molecule has 0 fully saturated rings. The van der Waals surface area contributed by atoms with Crippen LogP contribution in [0, 0.1) is 25.2 Å². The van der Waals surface area contributed by atoms with Crippen LogP contribution in [0.25, 0.3) is 23.9 Å². The molecular formula is C32H31N5O4S. The molecule has 0 saturated heterocycles. The van der Waals surface area contributed by atoms with E-state index in [1.807, 2.05) is 52.0 Å². The second-order valence-electron chi connectivity index (χ2n) is 9.61. The molecule has 2 amide bonds. The van der Waals surface area contributed by atoms with Crippen molar-refractivity contribution >= 4 is 40.9 Å². The Labute approximate surface area is 247 Å². The van der Waals surface area contributed by atoms with Gasteiger partial charge in [0.15, 0.2) is 5.13 Å². The largest absolute Gasteiger partial charge is 0.492 e. The molecule has 0 bridgehead atoms. The molecule has 0 atom stereocenters. The molecule has 0 aliphatic carbocycles. The predicted octanol–water partition coefficient (Wildman–Crippen LogP) is 3.58. The number of thiazole rings is 1. The maximum absolute atomic E-state index is 14.0. The molecule has 0 aliphatic heterocycles. The molecule has 214 valence electrons. The number of pyridine rings is 1. The number of hydrogen-bond acceptors (Lipinski definition) is 8. The monoisotopic (exact) mass is 581 g/mol. The van der Waals surface area contributed by atoms with Gasteiger partial charge in [0, 0.05) is 36.4 Å². The summed E-state index contributed by atoms with van der Waals surface area (Å²) >= 11 is 1.37. The van der Waals surface area contributed by atoms with Crippen molar-refractivity contribution in [1.82, 2.24) is 9.66 Å². The highest BCUT2D eigenvalue weighted by atomic mass is 32.1. The minimum absolute atomic E-state index is 0.0304. The molecule has 1 N–H and O–H groups in total. The van der Waals surface area contributed by atoms with Crippen molar-refractivity contribution in [2.45, 2.75) is 34.6 Å². The molecule has 10 heteroatoms. The van der Waals surface area contributed by atoms with Gasteiger partial charge in [-0.25, -0.2) is 4.98 Å². The van der Waals surface area contributed by atoms with Crippen molar-refractivity contribution in [2.75, 3.05) is 23.0 Å². The van der Waals surface area contributed by atoms with Crippen LogP contribution in [-0.2, 0) is 4.79 Å². The third-order valence-corrected chi connectivity index (χ3v) is 8.03. The summed E-state index contributed by atoms with van der Waals surface area (Å²) in [5, 5.41) is 22.2. The highest BCUT2D eigenvalue weighted by molar-refractivity contribution is 7.16. The Balaban J connectivity index is 2.10. The van der Waals surface area contributed by atoms with E-state index < -0.39 is 23.3 Å². The van der Waals surface area contributed by atoms with E-state index in [-0.39, 0.29) is 21.6 Å². The lowest BCUT2D eigenvalue weighted by Gasteiger charge is -2.22. The molecule has 0 unspecified atom stereocenters. The number of carbonyl (C=O) groups excluding carboxylic acids is 2. The third-order valence-electron chi connectivity index (χ3n) is 6.97. The molecule has 42 heavy (non-hydrogen) atoms. The molecule has 9 nitrogen and oxygen atoms in total. The van der Waals surface area contributed by atoms with Gasteiger partial charge in [0.2, 0.25) is 11.8 Å². The zero-order valence-electron chi connectivity index (χ0n) is 24.1. The Hall–Kier alpha value is -5.01. The fraction of sp³-hybridized carbons (Fsp3) is 0.219. The Bertz CT molecular complexity index is 1880. The van der Waals surface area contributed by atoms with Crippen LogP contribution < -0.4 is 25.9 Å². The lowest BCUT2D eigenvalue weighted by Crippen LogP contribution is -2.56. The van der Waals surface area contributed by atoms with Crippen LogP contribution in [0.15, 0.2) is 53.3 Å². The number of nitriles is 1. The Morgan fingerprint density at radius 2 is 1.71 bits per heavy atom. The summed E-state index contributed by atoms with van der Waals surface area (Å²) in [5.41, 5.74) is 2.44. The normalized spacial score (nSPS) is 11.3. The number of aromatic nitrogens is 2. The van der Waals surface area contributed by atoms with E-state index in [0.717, 1.165) is 41.8 Å². The average Bonchev–Trinajstić information content (AvgIpc) is 3.37. The second kappa shape index (κ2) is 12.2. The first kappa shape index (κ1) is 30.0. The van der Waals surface area contributed by atoms with Gasteiger partial charge in [-0.2, -0.15) is 14.9 Å². The molecular weight excluding hydrogens is 550 g/mol. The average molecular weight is 582 g/mol. The maximum Gasteiger partial charge on any atom is 0.280 e. The molecule has 0 spiro atoms. The van der Waals surface area contributed by atoms with Crippen LogP contribution >= 0.6 is 11.3 Å². The van der Waals surface area contributed by atoms with E-state index >= 15 is 0 Å². The molecule has 0 saturated carbocycles. The highest BCUT2D eigenvalue weighted by Gasteiger charge is 2.28. The van der Waals surface area contributed by atoms with E-state index in [4.69, 9.17) is 4.98 Å². The summed E-state index contributed by atoms with van der Waals surface area (Å²) in [4.78, 5) is 47.9. The predicted molar refractivity (Wildman–Crippen MR) is 166 cm³/mol. The Morgan fingerprint density at radius 3 is 2.26 bits per heavy atom. The number of anilines is 1. The number of nitrogens with zero attached hydrogens (tertiary/aromatic N) is 5.